The highest BCUT2D eigenvalue weighted by molar-refractivity contribution is 5.27. The smallest absolute Gasteiger partial charge is 0.119 e. The molecule has 0 saturated carbocycles. The van der Waals surface area contributed by atoms with Crippen LogP contribution in [0.3, 0.4) is 0 Å². The molecule has 3 heteroatoms. The van der Waals surface area contributed by atoms with E-state index in [-0.39, 0.29) is 11.6 Å². The summed E-state index contributed by atoms with van der Waals surface area (Å²) in [5.41, 5.74) is 1.38. The van der Waals surface area contributed by atoms with Crippen LogP contribution in [0.1, 0.15) is 52.0 Å². The van der Waals surface area contributed by atoms with Gasteiger partial charge in [0.15, 0.2) is 0 Å². The molecule has 1 N–H and O–H groups in total. The van der Waals surface area contributed by atoms with Crippen LogP contribution in [-0.2, 0) is 11.3 Å². The monoisotopic (exact) mass is 291 g/mol. The van der Waals surface area contributed by atoms with Crippen molar-refractivity contribution in [2.45, 2.75) is 64.6 Å². The molecule has 2 atom stereocenters. The van der Waals surface area contributed by atoms with Crippen LogP contribution in [0.2, 0.25) is 0 Å². The summed E-state index contributed by atoms with van der Waals surface area (Å²) in [5.74, 6) is 0.971. The zero-order chi connectivity index (χ0) is 15.1. The van der Waals surface area contributed by atoms with E-state index < -0.39 is 0 Å². The van der Waals surface area contributed by atoms with E-state index in [1.165, 1.54) is 18.4 Å². The van der Waals surface area contributed by atoms with Crippen molar-refractivity contribution in [3.05, 3.63) is 29.8 Å². The average Bonchev–Trinajstić information content (AvgIpc) is 2.83. The number of hydrogen-bond acceptors (Lipinski definition) is 3. The Morgan fingerprint density at radius 2 is 2.05 bits per heavy atom. The molecule has 1 fully saturated rings. The first-order chi connectivity index (χ1) is 10.1. The summed E-state index contributed by atoms with van der Waals surface area (Å²) >= 11 is 0. The first-order valence-corrected chi connectivity index (χ1v) is 8.22. The lowest BCUT2D eigenvalue weighted by Crippen LogP contribution is -2.47. The zero-order valence-electron chi connectivity index (χ0n) is 13.7. The van der Waals surface area contributed by atoms with Crippen LogP contribution in [0, 0.1) is 0 Å². The van der Waals surface area contributed by atoms with Gasteiger partial charge in [0.25, 0.3) is 0 Å². The van der Waals surface area contributed by atoms with Gasteiger partial charge in [-0.25, -0.2) is 0 Å². The minimum atomic E-state index is 0.0926. The van der Waals surface area contributed by atoms with Gasteiger partial charge in [0.05, 0.1) is 12.7 Å². The maximum absolute atomic E-state index is 5.74. The van der Waals surface area contributed by atoms with Crippen LogP contribution < -0.4 is 10.1 Å². The summed E-state index contributed by atoms with van der Waals surface area (Å²) in [6, 6.07) is 8.43. The molecule has 1 heterocycles. The van der Waals surface area contributed by atoms with E-state index in [9.17, 15) is 0 Å². The molecule has 0 bridgehead atoms. The summed E-state index contributed by atoms with van der Waals surface area (Å²) in [5, 5.41) is 3.64. The number of ether oxygens (including phenoxy) is 2. The molecule has 1 aromatic carbocycles. The molecule has 1 saturated heterocycles. The Balaban J connectivity index is 1.77. The minimum absolute atomic E-state index is 0.0926. The fraction of sp³-hybridized carbons (Fsp3) is 0.667. The molecule has 1 aliphatic heterocycles. The largest absolute Gasteiger partial charge is 0.494 e. The number of benzene rings is 1. The Hall–Kier alpha value is -1.06. The Labute approximate surface area is 129 Å². The van der Waals surface area contributed by atoms with Crippen molar-refractivity contribution < 1.29 is 9.47 Å². The van der Waals surface area contributed by atoms with Crippen LogP contribution in [0.5, 0.6) is 5.75 Å². The van der Waals surface area contributed by atoms with Crippen molar-refractivity contribution in [3.63, 3.8) is 0 Å². The molecule has 2 rings (SSSR count). The summed E-state index contributed by atoms with van der Waals surface area (Å²) in [7, 11) is 0. The second-order valence-electron chi connectivity index (χ2n) is 6.23. The molecule has 3 nitrogen and oxygen atoms in total. The van der Waals surface area contributed by atoms with E-state index in [2.05, 4.69) is 50.4 Å². The molecule has 0 amide bonds. The maximum Gasteiger partial charge on any atom is 0.119 e. The molecule has 0 aromatic heterocycles. The normalized spacial score (nSPS) is 25.2. The van der Waals surface area contributed by atoms with Crippen LogP contribution in [-0.4, -0.2) is 24.9 Å². The number of nitrogens with one attached hydrogen (secondary N) is 1. The van der Waals surface area contributed by atoms with E-state index in [4.69, 9.17) is 9.47 Å². The summed E-state index contributed by atoms with van der Waals surface area (Å²) in [6.45, 7) is 9.15. The second kappa shape index (κ2) is 7.81. The Morgan fingerprint density at radius 3 is 2.67 bits per heavy atom. The molecule has 1 aliphatic rings. The van der Waals surface area contributed by atoms with Crippen LogP contribution >= 0.6 is 0 Å². The van der Waals surface area contributed by atoms with Gasteiger partial charge in [0.2, 0.25) is 0 Å². The Bertz CT molecular complexity index is 418. The van der Waals surface area contributed by atoms with Gasteiger partial charge in [-0.1, -0.05) is 31.9 Å². The van der Waals surface area contributed by atoms with Crippen molar-refractivity contribution in [2.24, 2.45) is 0 Å². The Kier molecular flexibility index (Phi) is 6.07. The molecule has 0 spiro atoms. The summed E-state index contributed by atoms with van der Waals surface area (Å²) in [6.07, 6.45) is 4.96. The van der Waals surface area contributed by atoms with Gasteiger partial charge in [-0.15, -0.1) is 0 Å². The van der Waals surface area contributed by atoms with Crippen molar-refractivity contribution in [2.75, 3.05) is 13.2 Å². The van der Waals surface area contributed by atoms with Crippen molar-refractivity contribution in [1.29, 1.82) is 0 Å². The van der Waals surface area contributed by atoms with E-state index in [1.54, 1.807) is 0 Å². The van der Waals surface area contributed by atoms with E-state index in [1.807, 2.05) is 0 Å². The molecule has 0 aliphatic carbocycles. The first kappa shape index (κ1) is 16.3. The van der Waals surface area contributed by atoms with Crippen LogP contribution in [0.15, 0.2) is 24.3 Å². The van der Waals surface area contributed by atoms with Gasteiger partial charge in [-0.2, -0.15) is 0 Å². The third-order valence-electron chi connectivity index (χ3n) is 4.52. The van der Waals surface area contributed by atoms with Gasteiger partial charge in [-0.3, -0.25) is 0 Å². The van der Waals surface area contributed by atoms with E-state index in [0.717, 1.165) is 38.3 Å². The topological polar surface area (TPSA) is 30.5 Å². The molecule has 21 heavy (non-hydrogen) atoms. The summed E-state index contributed by atoms with van der Waals surface area (Å²) in [4.78, 5) is 0. The lowest BCUT2D eigenvalue weighted by Gasteiger charge is -2.29. The number of unbranched alkanes of at least 4 members (excludes halogenated alkanes) is 2. The Morgan fingerprint density at radius 1 is 1.29 bits per heavy atom. The molecular weight excluding hydrogens is 262 g/mol. The van der Waals surface area contributed by atoms with Gasteiger partial charge < -0.3 is 14.8 Å². The predicted octanol–water partition coefficient (Wildman–Crippen LogP) is 3.91. The first-order valence-electron chi connectivity index (χ1n) is 8.22. The van der Waals surface area contributed by atoms with E-state index in [0.29, 0.717) is 0 Å². The highest BCUT2D eigenvalue weighted by Crippen LogP contribution is 2.25. The van der Waals surface area contributed by atoms with Gasteiger partial charge >= 0.3 is 0 Å². The lowest BCUT2D eigenvalue weighted by molar-refractivity contribution is 0.0881. The molecule has 118 valence electrons. The standard InChI is InChI=1S/C18H29NO2/c1-4-5-6-12-21-17-9-7-16(8-10-17)14-19-18(3)11-13-20-15(18)2/h7-10,15,19H,4-6,11-14H2,1-3H3. The van der Waals surface area contributed by atoms with Crippen molar-refractivity contribution in [3.8, 4) is 5.75 Å². The molecule has 1 aromatic rings. The zero-order valence-corrected chi connectivity index (χ0v) is 13.7. The van der Waals surface area contributed by atoms with Gasteiger partial charge in [-0.05, 0) is 44.4 Å². The predicted molar refractivity (Wildman–Crippen MR) is 86.7 cm³/mol. The number of rotatable bonds is 8. The third kappa shape index (κ3) is 4.72. The van der Waals surface area contributed by atoms with Gasteiger partial charge in [0, 0.05) is 18.7 Å². The molecular formula is C18H29NO2. The van der Waals surface area contributed by atoms with Crippen molar-refractivity contribution in [1.82, 2.24) is 5.32 Å². The highest BCUT2D eigenvalue weighted by atomic mass is 16.5. The van der Waals surface area contributed by atoms with Crippen molar-refractivity contribution >= 4 is 0 Å². The molecule has 2 unspecified atom stereocenters. The molecule has 0 radical (unpaired) electrons. The quantitative estimate of drug-likeness (QED) is 0.737. The average molecular weight is 291 g/mol. The lowest BCUT2D eigenvalue weighted by atomic mass is 9.94. The van der Waals surface area contributed by atoms with Crippen LogP contribution in [0.4, 0.5) is 0 Å². The van der Waals surface area contributed by atoms with E-state index >= 15 is 0 Å². The third-order valence-corrected chi connectivity index (χ3v) is 4.52. The maximum atomic E-state index is 5.74. The highest BCUT2D eigenvalue weighted by Gasteiger charge is 2.36. The fourth-order valence-electron chi connectivity index (χ4n) is 2.62. The number of hydrogen-bond donors (Lipinski definition) is 1. The second-order valence-corrected chi connectivity index (χ2v) is 6.23. The minimum Gasteiger partial charge on any atom is -0.494 e. The van der Waals surface area contributed by atoms with Gasteiger partial charge in [0.1, 0.15) is 5.75 Å². The van der Waals surface area contributed by atoms with Crippen LogP contribution in [0.25, 0.3) is 0 Å². The summed E-state index contributed by atoms with van der Waals surface area (Å²) < 4.78 is 11.4. The SMILES string of the molecule is CCCCCOc1ccc(CNC2(C)CCOC2C)cc1. The fourth-order valence-corrected chi connectivity index (χ4v) is 2.62.